The summed E-state index contributed by atoms with van der Waals surface area (Å²) in [6.07, 6.45) is 0. The lowest BCUT2D eigenvalue weighted by atomic mass is 10.1. The molecule has 3 rings (SSSR count). The molecule has 20 heavy (non-hydrogen) atoms. The van der Waals surface area contributed by atoms with Crippen LogP contribution in [0.15, 0.2) is 35.7 Å². The quantitative estimate of drug-likeness (QED) is 0.631. The molecule has 0 aliphatic rings. The number of aromatic nitrogens is 3. The number of benzene rings is 1. The van der Waals surface area contributed by atoms with E-state index in [1.807, 2.05) is 42.6 Å². The molecule has 1 aromatic carbocycles. The van der Waals surface area contributed by atoms with Crippen LogP contribution in [0.5, 0.6) is 0 Å². The Bertz CT molecular complexity index is 733. The lowest BCUT2D eigenvalue weighted by Crippen LogP contribution is -1.94. The summed E-state index contributed by atoms with van der Waals surface area (Å²) in [6.45, 7) is 1.93. The second kappa shape index (κ2) is 5.48. The zero-order chi connectivity index (χ0) is 14.1. The van der Waals surface area contributed by atoms with Crippen molar-refractivity contribution in [2.75, 3.05) is 0 Å². The molecule has 0 aliphatic carbocycles. The summed E-state index contributed by atoms with van der Waals surface area (Å²) in [5.41, 5.74) is 2.23. The van der Waals surface area contributed by atoms with E-state index in [0.717, 1.165) is 10.6 Å². The van der Waals surface area contributed by atoms with Crippen molar-refractivity contribution in [3.63, 3.8) is 0 Å². The summed E-state index contributed by atoms with van der Waals surface area (Å²) in [4.78, 5) is 13.0. The van der Waals surface area contributed by atoms with E-state index in [1.54, 1.807) is 0 Å². The SMILES string of the molecule is Cc1nc(-c2nc(Cl)c(-c3ccccc3)c(Cl)n2)cs1. The predicted octanol–water partition coefficient (Wildman–Crippen LogP) is 4.88. The normalized spacial score (nSPS) is 10.8. The first-order valence-corrected chi connectivity index (χ1v) is 7.49. The average Bonchev–Trinajstić information content (AvgIpc) is 2.86. The van der Waals surface area contributed by atoms with Gasteiger partial charge in [0.2, 0.25) is 0 Å². The van der Waals surface area contributed by atoms with E-state index < -0.39 is 0 Å². The van der Waals surface area contributed by atoms with Gasteiger partial charge in [-0.05, 0) is 12.5 Å². The Kier molecular flexibility index (Phi) is 3.70. The molecular formula is C14H9Cl2N3S. The highest BCUT2D eigenvalue weighted by molar-refractivity contribution is 7.09. The van der Waals surface area contributed by atoms with Crippen LogP contribution >= 0.6 is 34.5 Å². The molecule has 3 nitrogen and oxygen atoms in total. The van der Waals surface area contributed by atoms with Gasteiger partial charge >= 0.3 is 0 Å². The first-order valence-electron chi connectivity index (χ1n) is 5.86. The molecule has 0 fully saturated rings. The van der Waals surface area contributed by atoms with Crippen LogP contribution in [0.1, 0.15) is 5.01 Å². The minimum atomic E-state index is 0.330. The number of hydrogen-bond acceptors (Lipinski definition) is 4. The minimum absolute atomic E-state index is 0.330. The van der Waals surface area contributed by atoms with Crippen LogP contribution in [0.2, 0.25) is 10.3 Å². The van der Waals surface area contributed by atoms with Gasteiger partial charge in [-0.3, -0.25) is 0 Å². The lowest BCUT2D eigenvalue weighted by molar-refractivity contribution is 1.14. The van der Waals surface area contributed by atoms with Crippen molar-refractivity contribution in [3.8, 4) is 22.6 Å². The van der Waals surface area contributed by atoms with Gasteiger partial charge in [0, 0.05) is 5.38 Å². The Hall–Kier alpha value is -1.49. The van der Waals surface area contributed by atoms with Gasteiger partial charge in [0.15, 0.2) is 5.82 Å². The van der Waals surface area contributed by atoms with Crippen LogP contribution < -0.4 is 0 Å². The number of thiazole rings is 1. The van der Waals surface area contributed by atoms with Gasteiger partial charge in [0.25, 0.3) is 0 Å². The fourth-order valence-corrected chi connectivity index (χ4v) is 3.03. The van der Waals surface area contributed by atoms with E-state index in [1.165, 1.54) is 11.3 Å². The van der Waals surface area contributed by atoms with Crippen LogP contribution in [-0.2, 0) is 0 Å². The number of hydrogen-bond donors (Lipinski definition) is 0. The molecule has 0 radical (unpaired) electrons. The van der Waals surface area contributed by atoms with E-state index in [4.69, 9.17) is 23.2 Å². The number of nitrogens with zero attached hydrogens (tertiary/aromatic N) is 3. The number of halogens is 2. The molecule has 100 valence electrons. The van der Waals surface area contributed by atoms with Gasteiger partial charge in [-0.2, -0.15) is 0 Å². The van der Waals surface area contributed by atoms with Crippen LogP contribution in [-0.4, -0.2) is 15.0 Å². The molecule has 0 aliphatic heterocycles. The molecule has 3 aromatic rings. The van der Waals surface area contributed by atoms with Crippen molar-refractivity contribution < 1.29 is 0 Å². The second-order valence-corrected chi connectivity index (χ2v) is 5.90. The molecule has 0 saturated heterocycles. The highest BCUT2D eigenvalue weighted by Gasteiger charge is 2.15. The largest absolute Gasteiger partial charge is 0.238 e. The second-order valence-electron chi connectivity index (χ2n) is 4.12. The van der Waals surface area contributed by atoms with E-state index in [2.05, 4.69) is 15.0 Å². The molecule has 2 heterocycles. The molecule has 0 atom stereocenters. The first-order chi connectivity index (χ1) is 9.65. The lowest BCUT2D eigenvalue weighted by Gasteiger charge is -2.07. The van der Waals surface area contributed by atoms with Gasteiger partial charge in [-0.25, -0.2) is 15.0 Å². The Balaban J connectivity index is 2.12. The highest BCUT2D eigenvalue weighted by atomic mass is 35.5. The zero-order valence-corrected chi connectivity index (χ0v) is 12.8. The summed E-state index contributed by atoms with van der Waals surface area (Å²) in [6, 6.07) is 9.60. The number of aryl methyl sites for hydroxylation is 1. The van der Waals surface area contributed by atoms with Crippen LogP contribution in [0.3, 0.4) is 0 Å². The molecule has 0 amide bonds. The molecule has 2 aromatic heterocycles. The minimum Gasteiger partial charge on any atom is -0.238 e. The van der Waals surface area contributed by atoms with Crippen LogP contribution in [0, 0.1) is 6.92 Å². The molecule has 0 N–H and O–H groups in total. The average molecular weight is 322 g/mol. The van der Waals surface area contributed by atoms with Crippen LogP contribution in [0.25, 0.3) is 22.6 Å². The first kappa shape index (κ1) is 13.5. The molecule has 0 unspecified atom stereocenters. The van der Waals surface area contributed by atoms with Crippen LogP contribution in [0.4, 0.5) is 0 Å². The maximum Gasteiger partial charge on any atom is 0.181 e. The third kappa shape index (κ3) is 2.54. The summed E-state index contributed by atoms with van der Waals surface area (Å²) >= 11 is 14.1. The Morgan fingerprint density at radius 3 is 2.15 bits per heavy atom. The number of rotatable bonds is 2. The standard InChI is InChI=1S/C14H9Cl2N3S/c1-8-17-10(7-20-8)14-18-12(15)11(13(16)19-14)9-5-3-2-4-6-9/h2-7H,1H3. The van der Waals surface area contributed by atoms with E-state index >= 15 is 0 Å². The summed E-state index contributed by atoms with van der Waals surface area (Å²) in [5, 5.41) is 3.50. The molecule has 0 spiro atoms. The smallest absolute Gasteiger partial charge is 0.181 e. The third-order valence-corrected chi connectivity index (χ3v) is 4.05. The maximum absolute atomic E-state index is 6.27. The van der Waals surface area contributed by atoms with Gasteiger partial charge in [-0.1, -0.05) is 53.5 Å². The third-order valence-electron chi connectivity index (χ3n) is 2.73. The predicted molar refractivity (Wildman–Crippen MR) is 83.3 cm³/mol. The van der Waals surface area contributed by atoms with Gasteiger partial charge in [0.1, 0.15) is 16.0 Å². The van der Waals surface area contributed by atoms with Gasteiger partial charge < -0.3 is 0 Å². The van der Waals surface area contributed by atoms with Gasteiger partial charge in [-0.15, -0.1) is 11.3 Å². The zero-order valence-electron chi connectivity index (χ0n) is 10.5. The molecular weight excluding hydrogens is 313 g/mol. The Morgan fingerprint density at radius 2 is 1.60 bits per heavy atom. The highest BCUT2D eigenvalue weighted by Crippen LogP contribution is 2.34. The van der Waals surface area contributed by atoms with Crippen molar-refractivity contribution in [1.29, 1.82) is 0 Å². The van der Waals surface area contributed by atoms with Gasteiger partial charge in [0.05, 0.1) is 10.6 Å². The molecule has 6 heteroatoms. The Morgan fingerprint density at radius 1 is 0.950 bits per heavy atom. The summed E-state index contributed by atoms with van der Waals surface area (Å²) in [5.74, 6) is 0.448. The maximum atomic E-state index is 6.27. The van der Waals surface area contributed by atoms with E-state index in [-0.39, 0.29) is 0 Å². The van der Waals surface area contributed by atoms with Crippen molar-refractivity contribution in [3.05, 3.63) is 51.0 Å². The molecule has 0 saturated carbocycles. The summed E-state index contributed by atoms with van der Waals surface area (Å²) < 4.78 is 0. The van der Waals surface area contributed by atoms with Crippen molar-refractivity contribution in [2.24, 2.45) is 0 Å². The Labute approximate surface area is 130 Å². The molecule has 0 bridgehead atoms. The van der Waals surface area contributed by atoms with Crippen molar-refractivity contribution in [2.45, 2.75) is 6.92 Å². The van der Waals surface area contributed by atoms with Crippen molar-refractivity contribution >= 4 is 34.5 Å². The van der Waals surface area contributed by atoms with E-state index in [0.29, 0.717) is 27.4 Å². The fourth-order valence-electron chi connectivity index (χ4n) is 1.83. The monoisotopic (exact) mass is 321 g/mol. The van der Waals surface area contributed by atoms with E-state index in [9.17, 15) is 0 Å². The fraction of sp³-hybridized carbons (Fsp3) is 0.0714. The summed E-state index contributed by atoms with van der Waals surface area (Å²) in [7, 11) is 0. The topological polar surface area (TPSA) is 38.7 Å². The van der Waals surface area contributed by atoms with Crippen molar-refractivity contribution in [1.82, 2.24) is 15.0 Å².